The van der Waals surface area contributed by atoms with Crippen LogP contribution in [0.3, 0.4) is 0 Å². The van der Waals surface area contributed by atoms with Crippen molar-refractivity contribution in [3.63, 3.8) is 0 Å². The molecule has 0 saturated heterocycles. The zero-order valence-electron chi connectivity index (χ0n) is 17.9. The summed E-state index contributed by atoms with van der Waals surface area (Å²) < 4.78 is 13.2. The van der Waals surface area contributed by atoms with Gasteiger partial charge in [0.05, 0.1) is 0 Å². The minimum absolute atomic E-state index is 0.0494. The minimum Gasteiger partial charge on any atom is -0.465 e. The van der Waals surface area contributed by atoms with Gasteiger partial charge in [-0.3, -0.25) is 4.79 Å². The van der Waals surface area contributed by atoms with Crippen molar-refractivity contribution in [2.45, 2.75) is 25.8 Å². The summed E-state index contributed by atoms with van der Waals surface area (Å²) in [5, 5.41) is 25.8. The molecular formula is C23H25FN4O5. The highest BCUT2D eigenvalue weighted by Crippen LogP contribution is 2.28. The molecule has 174 valence electrons. The van der Waals surface area contributed by atoms with E-state index >= 15 is 0 Å². The van der Waals surface area contributed by atoms with Gasteiger partial charge in [-0.15, -0.1) is 0 Å². The summed E-state index contributed by atoms with van der Waals surface area (Å²) in [5.41, 5.74) is 3.60. The highest BCUT2D eigenvalue weighted by Gasteiger charge is 2.18. The normalized spacial score (nSPS) is 11.7. The fourth-order valence-electron chi connectivity index (χ4n) is 3.62. The molecule has 2 aromatic carbocycles. The van der Waals surface area contributed by atoms with Gasteiger partial charge in [0.2, 0.25) is 0 Å². The van der Waals surface area contributed by atoms with Crippen molar-refractivity contribution >= 4 is 29.0 Å². The Morgan fingerprint density at radius 2 is 1.70 bits per heavy atom. The highest BCUT2D eigenvalue weighted by molar-refractivity contribution is 6.01. The lowest BCUT2D eigenvalue weighted by molar-refractivity contribution is 0.0942. The van der Waals surface area contributed by atoms with Gasteiger partial charge in [-0.1, -0.05) is 18.2 Å². The lowest BCUT2D eigenvalue weighted by Crippen LogP contribution is -2.43. The van der Waals surface area contributed by atoms with E-state index in [1.165, 1.54) is 12.1 Å². The highest BCUT2D eigenvalue weighted by atomic mass is 19.1. The third kappa shape index (κ3) is 6.22. The number of carbonyl (C=O) groups excluding carboxylic acids is 1. The summed E-state index contributed by atoms with van der Waals surface area (Å²) in [4.78, 5) is 37.4. The summed E-state index contributed by atoms with van der Waals surface area (Å²) in [6, 6.07) is 11.2. The quantitative estimate of drug-likeness (QED) is 0.272. The maximum absolute atomic E-state index is 13.2. The van der Waals surface area contributed by atoms with Crippen molar-refractivity contribution in [3.8, 4) is 11.1 Å². The zero-order valence-corrected chi connectivity index (χ0v) is 17.9. The molecule has 1 unspecified atom stereocenters. The van der Waals surface area contributed by atoms with E-state index in [4.69, 9.17) is 10.2 Å². The van der Waals surface area contributed by atoms with Crippen LogP contribution < -0.4 is 16.0 Å². The molecule has 3 amide bonds. The molecule has 0 aliphatic heterocycles. The maximum atomic E-state index is 13.2. The number of aromatic amines is 1. The number of aryl methyl sites for hydroxylation is 1. The fourth-order valence-corrected chi connectivity index (χ4v) is 3.62. The molecule has 3 rings (SSSR count). The summed E-state index contributed by atoms with van der Waals surface area (Å²) in [6.07, 6.45) is -1.62. The Labute approximate surface area is 189 Å². The van der Waals surface area contributed by atoms with E-state index in [0.717, 1.165) is 27.6 Å². The number of hydrogen-bond acceptors (Lipinski definition) is 3. The van der Waals surface area contributed by atoms with Crippen LogP contribution in [0.2, 0.25) is 0 Å². The molecule has 33 heavy (non-hydrogen) atoms. The number of carbonyl (C=O) groups is 3. The first-order chi connectivity index (χ1) is 15.7. The second-order valence-corrected chi connectivity index (χ2v) is 7.62. The number of H-pyrrole nitrogens is 1. The molecule has 0 bridgehead atoms. The number of halogens is 1. The Morgan fingerprint density at radius 1 is 1.00 bits per heavy atom. The topological polar surface area (TPSA) is 144 Å². The Kier molecular flexibility index (Phi) is 7.50. The van der Waals surface area contributed by atoms with Crippen LogP contribution in [0, 0.1) is 12.7 Å². The second-order valence-electron chi connectivity index (χ2n) is 7.62. The van der Waals surface area contributed by atoms with Crippen molar-refractivity contribution in [2.24, 2.45) is 0 Å². The molecule has 9 nitrogen and oxygen atoms in total. The predicted octanol–water partition coefficient (Wildman–Crippen LogP) is 3.70. The standard InChI is InChI=1S/C23H25FN4O5/c1-13-18-11-15(14-4-7-16(24)8-5-14)6-9-19(18)28-20(13)21(29)26-12-17(27-23(32)33)3-2-10-25-22(30)31/h4-9,11,17,25,27-28H,2-3,10,12H2,1H3,(H,26,29)(H,30,31)(H,32,33). The van der Waals surface area contributed by atoms with Crippen LogP contribution in [0.15, 0.2) is 42.5 Å². The third-order valence-electron chi connectivity index (χ3n) is 5.31. The van der Waals surface area contributed by atoms with E-state index in [0.29, 0.717) is 18.5 Å². The van der Waals surface area contributed by atoms with E-state index in [1.807, 2.05) is 25.1 Å². The van der Waals surface area contributed by atoms with E-state index in [1.54, 1.807) is 12.1 Å². The molecule has 0 radical (unpaired) electrons. The van der Waals surface area contributed by atoms with Crippen molar-refractivity contribution in [2.75, 3.05) is 13.1 Å². The number of nitrogens with one attached hydrogen (secondary N) is 4. The molecule has 6 N–H and O–H groups in total. The van der Waals surface area contributed by atoms with Gasteiger partial charge in [0.25, 0.3) is 5.91 Å². The molecule has 3 aromatic rings. The van der Waals surface area contributed by atoms with Gasteiger partial charge >= 0.3 is 12.2 Å². The van der Waals surface area contributed by atoms with E-state index in [2.05, 4.69) is 20.9 Å². The van der Waals surface area contributed by atoms with Gasteiger partial charge in [0.15, 0.2) is 0 Å². The first kappa shape index (κ1) is 23.6. The maximum Gasteiger partial charge on any atom is 0.404 e. The van der Waals surface area contributed by atoms with Gasteiger partial charge in [-0.05, 0) is 60.7 Å². The first-order valence-corrected chi connectivity index (χ1v) is 10.4. The Balaban J connectivity index is 1.70. The third-order valence-corrected chi connectivity index (χ3v) is 5.31. The monoisotopic (exact) mass is 456 g/mol. The Bertz CT molecular complexity index is 1160. The molecule has 1 aromatic heterocycles. The number of aromatic nitrogens is 1. The molecule has 0 spiro atoms. The van der Waals surface area contributed by atoms with Gasteiger partial charge in [-0.2, -0.15) is 0 Å². The van der Waals surface area contributed by atoms with Crippen LogP contribution in [0.4, 0.5) is 14.0 Å². The van der Waals surface area contributed by atoms with Gasteiger partial charge < -0.3 is 31.1 Å². The van der Waals surface area contributed by atoms with Gasteiger partial charge in [0.1, 0.15) is 11.5 Å². The lowest BCUT2D eigenvalue weighted by atomic mass is 10.0. The Hall–Kier alpha value is -4.08. The lowest BCUT2D eigenvalue weighted by Gasteiger charge is -2.17. The fraction of sp³-hybridized carbons (Fsp3) is 0.261. The molecule has 1 heterocycles. The number of hydrogen-bond donors (Lipinski definition) is 6. The van der Waals surface area contributed by atoms with Gasteiger partial charge in [0, 0.05) is 30.0 Å². The van der Waals surface area contributed by atoms with Crippen molar-refractivity contribution in [1.82, 2.24) is 20.9 Å². The average Bonchev–Trinajstić information content (AvgIpc) is 3.10. The van der Waals surface area contributed by atoms with Crippen molar-refractivity contribution in [3.05, 3.63) is 59.5 Å². The molecule has 1 atom stereocenters. The molecular weight excluding hydrogens is 431 g/mol. The SMILES string of the molecule is Cc1c(C(=O)NCC(CCCNC(=O)O)NC(=O)O)[nH]c2ccc(-c3ccc(F)cc3)cc12. The summed E-state index contributed by atoms with van der Waals surface area (Å²) in [5.74, 6) is -0.696. The van der Waals surface area contributed by atoms with Crippen LogP contribution >= 0.6 is 0 Å². The van der Waals surface area contributed by atoms with Crippen molar-refractivity contribution in [1.29, 1.82) is 0 Å². The second kappa shape index (κ2) is 10.5. The molecule has 0 aliphatic rings. The summed E-state index contributed by atoms with van der Waals surface area (Å²) >= 11 is 0. The Morgan fingerprint density at radius 3 is 2.36 bits per heavy atom. The average molecular weight is 456 g/mol. The molecule has 0 saturated carbocycles. The summed E-state index contributed by atoms with van der Waals surface area (Å²) in [6.45, 7) is 2.04. The molecule has 0 fully saturated rings. The molecule has 0 aliphatic carbocycles. The van der Waals surface area contributed by atoms with Crippen LogP contribution in [-0.4, -0.2) is 52.4 Å². The van der Waals surface area contributed by atoms with Crippen LogP contribution in [0.1, 0.15) is 28.9 Å². The largest absolute Gasteiger partial charge is 0.465 e. The number of carboxylic acid groups (broad SMARTS) is 2. The van der Waals surface area contributed by atoms with Crippen LogP contribution in [0.25, 0.3) is 22.0 Å². The number of fused-ring (bicyclic) bond motifs is 1. The van der Waals surface area contributed by atoms with E-state index in [-0.39, 0.29) is 24.8 Å². The van der Waals surface area contributed by atoms with Crippen LogP contribution in [0.5, 0.6) is 0 Å². The molecule has 10 heteroatoms. The number of rotatable bonds is 9. The van der Waals surface area contributed by atoms with E-state index in [9.17, 15) is 18.8 Å². The number of amides is 3. The summed E-state index contributed by atoms with van der Waals surface area (Å²) in [7, 11) is 0. The zero-order chi connectivity index (χ0) is 24.0. The van der Waals surface area contributed by atoms with Gasteiger partial charge in [-0.25, -0.2) is 14.0 Å². The predicted molar refractivity (Wildman–Crippen MR) is 121 cm³/mol. The van der Waals surface area contributed by atoms with Crippen molar-refractivity contribution < 1.29 is 29.0 Å². The minimum atomic E-state index is -1.23. The first-order valence-electron chi connectivity index (χ1n) is 10.4. The smallest absolute Gasteiger partial charge is 0.404 e. The number of benzene rings is 2. The van der Waals surface area contributed by atoms with E-state index < -0.39 is 18.2 Å². The van der Waals surface area contributed by atoms with Crippen LogP contribution in [-0.2, 0) is 0 Å².